The number of benzene rings is 1. The van der Waals surface area contributed by atoms with Crippen molar-refractivity contribution in [1.29, 1.82) is 0 Å². The summed E-state index contributed by atoms with van der Waals surface area (Å²) in [5.41, 5.74) is 0.574. The third-order valence-electron chi connectivity index (χ3n) is 4.72. The van der Waals surface area contributed by atoms with E-state index in [2.05, 4.69) is 5.32 Å². The van der Waals surface area contributed by atoms with E-state index in [0.29, 0.717) is 48.7 Å². The minimum absolute atomic E-state index is 0. The van der Waals surface area contributed by atoms with Crippen LogP contribution in [0.3, 0.4) is 0 Å². The van der Waals surface area contributed by atoms with E-state index in [4.69, 9.17) is 4.42 Å². The fourth-order valence-corrected chi connectivity index (χ4v) is 3.05. The van der Waals surface area contributed by atoms with Crippen LogP contribution in [0.15, 0.2) is 53.2 Å². The molecule has 2 heterocycles. The van der Waals surface area contributed by atoms with Gasteiger partial charge in [-0.2, -0.15) is 0 Å². The Labute approximate surface area is 169 Å². The molecule has 1 saturated heterocycles. The van der Waals surface area contributed by atoms with Gasteiger partial charge in [0.2, 0.25) is 5.91 Å². The summed E-state index contributed by atoms with van der Waals surface area (Å²) in [4.78, 5) is 26.3. The molecule has 2 amide bonds. The van der Waals surface area contributed by atoms with Crippen molar-refractivity contribution in [3.8, 4) is 0 Å². The second-order valence-corrected chi connectivity index (χ2v) is 6.95. The van der Waals surface area contributed by atoms with Gasteiger partial charge in [0.15, 0.2) is 6.54 Å². The van der Waals surface area contributed by atoms with Gasteiger partial charge in [-0.15, -0.1) is 0 Å². The predicted molar refractivity (Wildman–Crippen MR) is 100 cm³/mol. The first-order chi connectivity index (χ1) is 12.9. The van der Waals surface area contributed by atoms with Crippen LogP contribution in [-0.2, 0) is 9.59 Å². The van der Waals surface area contributed by atoms with Gasteiger partial charge in [0.25, 0.3) is 5.91 Å². The monoisotopic (exact) mass is 407 g/mol. The Kier molecular flexibility index (Phi) is 7.37. The topological polar surface area (TPSA) is 62.6 Å². The summed E-state index contributed by atoms with van der Waals surface area (Å²) in [6.07, 6.45) is 4.72. The zero-order valence-electron chi connectivity index (χ0n) is 15.6. The fourth-order valence-electron chi connectivity index (χ4n) is 3.05. The Hall–Kier alpha value is -2.64. The average molecular weight is 408 g/mol. The van der Waals surface area contributed by atoms with Crippen LogP contribution >= 0.6 is 0 Å². The summed E-state index contributed by atoms with van der Waals surface area (Å²) in [6, 6.07) is 9.25. The highest BCUT2D eigenvalue weighted by Gasteiger charge is 2.32. The van der Waals surface area contributed by atoms with Crippen LogP contribution in [0.4, 0.5) is 10.1 Å². The zero-order chi connectivity index (χ0) is 19.3. The Morgan fingerprint density at radius 3 is 2.50 bits per heavy atom. The van der Waals surface area contributed by atoms with Gasteiger partial charge >= 0.3 is 0 Å². The van der Waals surface area contributed by atoms with Gasteiger partial charge in [-0.25, -0.2) is 4.39 Å². The predicted octanol–water partition coefficient (Wildman–Crippen LogP) is -0.637. The maximum absolute atomic E-state index is 12.9. The molecule has 150 valence electrons. The lowest BCUT2D eigenvalue weighted by Gasteiger charge is -2.41. The molecule has 1 aliphatic rings. The quantitative estimate of drug-likeness (QED) is 0.530. The second-order valence-electron chi connectivity index (χ2n) is 6.95. The Balaban J connectivity index is 0.00000280. The molecular weight excluding hydrogens is 385 g/mol. The second kappa shape index (κ2) is 9.52. The molecule has 3 rings (SSSR count). The molecule has 0 saturated carbocycles. The molecule has 2 aromatic rings. The standard InChI is InChI=1S/C20H22FN3O3.ClH/c1-24(15-19(25)22-17-6-4-16(21)5-7-17)12-10-23(11-13-24)20(26)9-8-18-3-2-14-27-18;/h2-9,14H,10-13,15H2,1H3;1H/b9-8+;. The van der Waals surface area contributed by atoms with Gasteiger partial charge < -0.3 is 31.5 Å². The van der Waals surface area contributed by atoms with Gasteiger partial charge in [-0.1, -0.05) is 0 Å². The molecule has 1 aromatic carbocycles. The smallest absolute Gasteiger partial charge is 0.279 e. The van der Waals surface area contributed by atoms with Crippen LogP contribution in [0, 0.1) is 5.82 Å². The number of nitrogens with zero attached hydrogens (tertiary/aromatic N) is 2. The number of rotatable bonds is 5. The van der Waals surface area contributed by atoms with Gasteiger partial charge in [0, 0.05) is 11.8 Å². The normalized spacial score (nSPS) is 15.9. The van der Waals surface area contributed by atoms with Crippen molar-refractivity contribution in [2.45, 2.75) is 0 Å². The van der Waals surface area contributed by atoms with Crippen LogP contribution in [0.5, 0.6) is 0 Å². The number of quaternary nitrogens is 1. The Bertz CT molecular complexity index is 814. The molecule has 28 heavy (non-hydrogen) atoms. The highest BCUT2D eigenvalue weighted by Crippen LogP contribution is 2.13. The zero-order valence-corrected chi connectivity index (χ0v) is 16.4. The fraction of sp³-hybridized carbons (Fsp3) is 0.300. The first-order valence-electron chi connectivity index (χ1n) is 8.83. The molecule has 0 spiro atoms. The van der Waals surface area contributed by atoms with Crippen molar-refractivity contribution in [1.82, 2.24) is 4.90 Å². The highest BCUT2D eigenvalue weighted by atomic mass is 35.5. The number of piperazine rings is 1. The lowest BCUT2D eigenvalue weighted by Crippen LogP contribution is -3.00. The van der Waals surface area contributed by atoms with Gasteiger partial charge in [0.1, 0.15) is 11.6 Å². The number of likely N-dealkylation sites (N-methyl/N-ethyl adjacent to an activating group) is 1. The number of anilines is 1. The molecule has 8 heteroatoms. The summed E-state index contributed by atoms with van der Waals surface area (Å²) in [6.45, 7) is 2.86. The number of amides is 2. The van der Waals surface area contributed by atoms with Crippen LogP contribution in [0.2, 0.25) is 0 Å². The van der Waals surface area contributed by atoms with Gasteiger partial charge in [-0.05, 0) is 42.5 Å². The third-order valence-corrected chi connectivity index (χ3v) is 4.72. The molecule has 1 N–H and O–H groups in total. The van der Waals surface area contributed by atoms with E-state index in [1.165, 1.54) is 30.3 Å². The molecule has 0 radical (unpaired) electrons. The highest BCUT2D eigenvalue weighted by molar-refractivity contribution is 5.92. The summed E-state index contributed by atoms with van der Waals surface area (Å²) >= 11 is 0. The maximum atomic E-state index is 12.9. The summed E-state index contributed by atoms with van der Waals surface area (Å²) in [7, 11) is 2.00. The summed E-state index contributed by atoms with van der Waals surface area (Å²) in [5.74, 6) is 0.113. The van der Waals surface area contributed by atoms with Crippen LogP contribution in [-0.4, -0.2) is 61.0 Å². The number of furan rings is 1. The maximum Gasteiger partial charge on any atom is 0.279 e. The van der Waals surface area contributed by atoms with Crippen LogP contribution in [0.1, 0.15) is 5.76 Å². The largest absolute Gasteiger partial charge is 1.00 e. The Morgan fingerprint density at radius 1 is 1.21 bits per heavy atom. The molecule has 1 aromatic heterocycles. The van der Waals surface area contributed by atoms with Crippen molar-refractivity contribution in [3.63, 3.8) is 0 Å². The van der Waals surface area contributed by atoms with E-state index in [1.807, 2.05) is 7.05 Å². The lowest BCUT2D eigenvalue weighted by molar-refractivity contribution is -0.905. The first kappa shape index (κ1) is 21.7. The number of carbonyl (C=O) groups is 2. The first-order valence-corrected chi connectivity index (χ1v) is 8.83. The average Bonchev–Trinajstić information content (AvgIpc) is 3.15. The number of halogens is 2. The van der Waals surface area contributed by atoms with E-state index in [9.17, 15) is 14.0 Å². The van der Waals surface area contributed by atoms with E-state index in [0.717, 1.165) is 0 Å². The minimum atomic E-state index is -0.339. The van der Waals surface area contributed by atoms with Crippen molar-refractivity contribution in [3.05, 3.63) is 60.3 Å². The lowest BCUT2D eigenvalue weighted by atomic mass is 10.2. The van der Waals surface area contributed by atoms with E-state index < -0.39 is 0 Å². The van der Waals surface area contributed by atoms with Gasteiger partial charge in [-0.3, -0.25) is 9.59 Å². The molecule has 0 unspecified atom stereocenters. The molecular formula is C20H23ClFN3O3. The van der Waals surface area contributed by atoms with Crippen molar-refractivity contribution >= 4 is 23.6 Å². The number of hydrogen-bond acceptors (Lipinski definition) is 3. The number of carbonyl (C=O) groups excluding carboxylic acids is 2. The SMILES string of the molecule is C[N+]1(CC(=O)Nc2ccc(F)cc2)CCN(C(=O)/C=C/c2ccco2)CC1.[Cl-]. The van der Waals surface area contributed by atoms with Crippen molar-refractivity contribution in [2.24, 2.45) is 0 Å². The summed E-state index contributed by atoms with van der Waals surface area (Å²) in [5, 5.41) is 2.79. The van der Waals surface area contributed by atoms with Crippen molar-refractivity contribution in [2.75, 3.05) is 45.1 Å². The number of nitrogens with one attached hydrogen (secondary N) is 1. The molecule has 0 bridgehead atoms. The van der Waals surface area contributed by atoms with Gasteiger partial charge in [0.05, 0.1) is 39.5 Å². The molecule has 6 nitrogen and oxygen atoms in total. The minimum Gasteiger partial charge on any atom is -1.00 e. The van der Waals surface area contributed by atoms with E-state index in [-0.39, 0.29) is 30.0 Å². The third kappa shape index (κ3) is 5.94. The molecule has 1 aliphatic heterocycles. The van der Waals surface area contributed by atoms with E-state index >= 15 is 0 Å². The summed E-state index contributed by atoms with van der Waals surface area (Å²) < 4.78 is 18.7. The molecule has 0 aliphatic carbocycles. The number of hydrogen-bond donors (Lipinski definition) is 1. The van der Waals surface area contributed by atoms with E-state index in [1.54, 1.807) is 29.4 Å². The molecule has 1 fully saturated rings. The van der Waals surface area contributed by atoms with Crippen LogP contribution < -0.4 is 17.7 Å². The Morgan fingerprint density at radius 2 is 1.89 bits per heavy atom. The van der Waals surface area contributed by atoms with Crippen LogP contribution in [0.25, 0.3) is 6.08 Å². The molecule has 0 atom stereocenters. The van der Waals surface area contributed by atoms with Crippen molar-refractivity contribution < 1.29 is 35.3 Å².